The highest BCUT2D eigenvalue weighted by Gasteiger charge is 2.56. The van der Waals surface area contributed by atoms with Crippen LogP contribution in [0.25, 0.3) is 6.08 Å². The Hall–Kier alpha value is -1.12. The van der Waals surface area contributed by atoms with E-state index < -0.39 is 0 Å². The van der Waals surface area contributed by atoms with Gasteiger partial charge in [-0.05, 0) is 55.9 Å². The van der Waals surface area contributed by atoms with Crippen LogP contribution in [-0.4, -0.2) is 22.8 Å². The first-order valence-corrected chi connectivity index (χ1v) is 8.34. The van der Waals surface area contributed by atoms with Crippen molar-refractivity contribution in [3.05, 3.63) is 42.0 Å². The summed E-state index contributed by atoms with van der Waals surface area (Å²) in [5.41, 5.74) is 1.10. The van der Waals surface area contributed by atoms with Gasteiger partial charge in [0, 0.05) is 12.1 Å². The number of hydrogen-bond acceptors (Lipinski definition) is 2. The topological polar surface area (TPSA) is 32.3 Å². The van der Waals surface area contributed by atoms with E-state index in [0.29, 0.717) is 0 Å². The van der Waals surface area contributed by atoms with Gasteiger partial charge in [-0.25, -0.2) is 0 Å². The molecular formula is C19H25NO. The molecule has 1 aromatic carbocycles. The van der Waals surface area contributed by atoms with Crippen LogP contribution < -0.4 is 5.32 Å². The van der Waals surface area contributed by atoms with E-state index in [-0.39, 0.29) is 11.1 Å². The molecule has 0 radical (unpaired) electrons. The van der Waals surface area contributed by atoms with Crippen molar-refractivity contribution < 1.29 is 5.11 Å². The molecule has 4 fully saturated rings. The lowest BCUT2D eigenvalue weighted by molar-refractivity contribution is -0.141. The normalized spacial score (nSPS) is 41.0. The van der Waals surface area contributed by atoms with Crippen LogP contribution in [0.15, 0.2) is 36.4 Å². The highest BCUT2D eigenvalue weighted by atomic mass is 16.3. The zero-order valence-corrected chi connectivity index (χ0v) is 12.6. The first-order valence-electron chi connectivity index (χ1n) is 8.34. The number of rotatable bonds is 4. The third kappa shape index (κ3) is 2.67. The van der Waals surface area contributed by atoms with Crippen molar-refractivity contribution in [1.82, 2.24) is 5.32 Å². The summed E-state index contributed by atoms with van der Waals surface area (Å²) in [7, 11) is 0. The second-order valence-electron chi connectivity index (χ2n) is 7.66. The first kappa shape index (κ1) is 13.5. The highest BCUT2D eigenvalue weighted by molar-refractivity contribution is 5.48. The van der Waals surface area contributed by atoms with Crippen LogP contribution in [0.3, 0.4) is 0 Å². The van der Waals surface area contributed by atoms with Crippen LogP contribution in [0.2, 0.25) is 0 Å². The van der Waals surface area contributed by atoms with Crippen molar-refractivity contribution in [3.8, 4) is 0 Å². The minimum Gasteiger partial charge on any atom is -0.390 e. The van der Waals surface area contributed by atoms with Gasteiger partial charge in [0.25, 0.3) is 0 Å². The van der Waals surface area contributed by atoms with Gasteiger partial charge >= 0.3 is 0 Å². The fourth-order valence-corrected chi connectivity index (χ4v) is 5.46. The van der Waals surface area contributed by atoms with Crippen molar-refractivity contribution in [2.75, 3.05) is 6.54 Å². The summed E-state index contributed by atoms with van der Waals surface area (Å²) in [6, 6.07) is 10.4. The smallest absolute Gasteiger partial charge is 0.0670 e. The van der Waals surface area contributed by atoms with E-state index in [0.717, 1.165) is 37.6 Å². The molecule has 1 aromatic rings. The van der Waals surface area contributed by atoms with E-state index in [1.807, 2.05) is 6.07 Å². The molecule has 2 atom stereocenters. The molecule has 0 unspecified atom stereocenters. The predicted molar refractivity (Wildman–Crippen MR) is 85.8 cm³/mol. The van der Waals surface area contributed by atoms with Gasteiger partial charge in [-0.1, -0.05) is 42.5 Å². The monoisotopic (exact) mass is 283 g/mol. The molecule has 5 rings (SSSR count). The summed E-state index contributed by atoms with van der Waals surface area (Å²) < 4.78 is 0. The Morgan fingerprint density at radius 2 is 1.81 bits per heavy atom. The molecular weight excluding hydrogens is 258 g/mol. The Morgan fingerprint density at radius 3 is 2.48 bits per heavy atom. The van der Waals surface area contributed by atoms with Gasteiger partial charge in [0.1, 0.15) is 0 Å². The molecule has 0 spiro atoms. The van der Waals surface area contributed by atoms with E-state index in [4.69, 9.17) is 0 Å². The number of aliphatic hydroxyl groups is 1. The standard InChI is InChI=1S/C19H25NO/c21-19-12-16-9-17(13-19)11-18(10-16,14-19)20-8-4-7-15-5-2-1-3-6-15/h1-7,16-17,20-21H,8-14H2/b7-4+/t16-,17-,18?,19?/m1/s1. The fraction of sp³-hybridized carbons (Fsp3) is 0.579. The lowest BCUT2D eigenvalue weighted by atomic mass is 9.51. The lowest BCUT2D eigenvalue weighted by Crippen LogP contribution is -2.64. The van der Waals surface area contributed by atoms with E-state index >= 15 is 0 Å². The van der Waals surface area contributed by atoms with Crippen LogP contribution in [0.1, 0.15) is 44.1 Å². The molecule has 112 valence electrons. The Balaban J connectivity index is 1.40. The minimum atomic E-state index is -0.361. The molecule has 0 heterocycles. The SMILES string of the molecule is OC12C[C@@H]3C[C@@H](C1)CC(NC/C=C/c1ccccc1)(C3)C2. The third-order valence-corrected chi connectivity index (χ3v) is 5.73. The average Bonchev–Trinajstić information content (AvgIpc) is 2.42. The molecule has 4 aliphatic rings. The average molecular weight is 283 g/mol. The van der Waals surface area contributed by atoms with Crippen LogP contribution in [0, 0.1) is 11.8 Å². The Morgan fingerprint density at radius 1 is 1.10 bits per heavy atom. The van der Waals surface area contributed by atoms with E-state index in [9.17, 15) is 5.11 Å². The largest absolute Gasteiger partial charge is 0.390 e. The van der Waals surface area contributed by atoms with Crippen LogP contribution in [0.5, 0.6) is 0 Å². The van der Waals surface area contributed by atoms with Gasteiger partial charge in [-0.3, -0.25) is 0 Å². The summed E-state index contributed by atoms with van der Waals surface area (Å²) in [5.74, 6) is 1.50. The number of hydrogen-bond donors (Lipinski definition) is 2. The maximum absolute atomic E-state index is 10.7. The van der Waals surface area contributed by atoms with Crippen molar-refractivity contribution in [3.63, 3.8) is 0 Å². The van der Waals surface area contributed by atoms with Crippen molar-refractivity contribution >= 4 is 6.08 Å². The van der Waals surface area contributed by atoms with Gasteiger partial charge in [0.05, 0.1) is 5.60 Å². The van der Waals surface area contributed by atoms with Crippen molar-refractivity contribution in [2.24, 2.45) is 11.8 Å². The summed E-state index contributed by atoms with van der Waals surface area (Å²) in [5, 5.41) is 14.5. The Kier molecular flexibility index (Phi) is 3.20. The highest BCUT2D eigenvalue weighted by Crippen LogP contribution is 2.57. The fourth-order valence-electron chi connectivity index (χ4n) is 5.46. The van der Waals surface area contributed by atoms with Crippen LogP contribution >= 0.6 is 0 Å². The maximum atomic E-state index is 10.7. The quantitative estimate of drug-likeness (QED) is 0.888. The van der Waals surface area contributed by atoms with E-state index in [1.165, 1.54) is 24.8 Å². The molecule has 2 N–H and O–H groups in total. The summed E-state index contributed by atoms with van der Waals surface area (Å²) in [6.07, 6.45) is 11.4. The molecule has 2 heteroatoms. The van der Waals surface area contributed by atoms with Gasteiger partial charge in [0.15, 0.2) is 0 Å². The Bertz CT molecular complexity index is 522. The molecule has 4 saturated carbocycles. The lowest BCUT2D eigenvalue weighted by Gasteiger charge is -2.60. The molecule has 0 amide bonds. The van der Waals surface area contributed by atoms with Crippen LogP contribution in [-0.2, 0) is 0 Å². The molecule has 0 aromatic heterocycles. The molecule has 4 aliphatic carbocycles. The van der Waals surface area contributed by atoms with Crippen LogP contribution in [0.4, 0.5) is 0 Å². The predicted octanol–water partition coefficient (Wildman–Crippen LogP) is 3.37. The van der Waals surface area contributed by atoms with E-state index in [2.05, 4.69) is 41.7 Å². The zero-order valence-electron chi connectivity index (χ0n) is 12.6. The van der Waals surface area contributed by atoms with Crippen molar-refractivity contribution in [2.45, 2.75) is 49.7 Å². The molecule has 0 saturated heterocycles. The van der Waals surface area contributed by atoms with Gasteiger partial charge < -0.3 is 10.4 Å². The number of nitrogens with one attached hydrogen (secondary N) is 1. The van der Waals surface area contributed by atoms with Gasteiger partial charge in [0.2, 0.25) is 0 Å². The van der Waals surface area contributed by atoms with E-state index in [1.54, 1.807) is 0 Å². The third-order valence-electron chi connectivity index (χ3n) is 5.73. The molecule has 4 bridgehead atoms. The molecule has 0 aliphatic heterocycles. The summed E-state index contributed by atoms with van der Waals surface area (Å²) in [4.78, 5) is 0. The second kappa shape index (κ2) is 4.96. The second-order valence-corrected chi connectivity index (χ2v) is 7.66. The Labute approximate surface area is 127 Å². The summed E-state index contributed by atoms with van der Waals surface area (Å²) in [6.45, 7) is 0.907. The minimum absolute atomic E-state index is 0.208. The molecule has 21 heavy (non-hydrogen) atoms. The van der Waals surface area contributed by atoms with Gasteiger partial charge in [-0.2, -0.15) is 0 Å². The van der Waals surface area contributed by atoms with Crippen molar-refractivity contribution in [1.29, 1.82) is 0 Å². The maximum Gasteiger partial charge on any atom is 0.0670 e. The first-order chi connectivity index (χ1) is 10.1. The number of benzene rings is 1. The zero-order chi connectivity index (χ0) is 14.3. The van der Waals surface area contributed by atoms with Gasteiger partial charge in [-0.15, -0.1) is 0 Å². The summed E-state index contributed by atoms with van der Waals surface area (Å²) >= 11 is 0. The molecule has 2 nitrogen and oxygen atoms in total.